The zero-order valence-electron chi connectivity index (χ0n) is 12.6. The maximum Gasteiger partial charge on any atom is 0.283 e. The Morgan fingerprint density at radius 2 is 1.92 bits per heavy atom. The average molecular weight is 318 g/mol. The van der Waals surface area contributed by atoms with Crippen LogP contribution in [0.25, 0.3) is 33.1 Å². The molecule has 118 valence electrons. The van der Waals surface area contributed by atoms with Crippen LogP contribution in [0.3, 0.4) is 0 Å². The first-order chi connectivity index (χ1) is 11.7. The van der Waals surface area contributed by atoms with Gasteiger partial charge in [-0.05, 0) is 24.3 Å². The van der Waals surface area contributed by atoms with Crippen molar-refractivity contribution < 1.29 is 9.90 Å². The highest BCUT2D eigenvalue weighted by Crippen LogP contribution is 2.33. The minimum absolute atomic E-state index is 0.132. The van der Waals surface area contributed by atoms with Crippen LogP contribution in [-0.2, 0) is 0 Å². The SMILES string of the molecule is NNC(=O)c1cc2c([nH]c3ccccc32)c(-c2cccc(O)c2)n1. The lowest BCUT2D eigenvalue weighted by Crippen LogP contribution is -2.30. The Balaban J connectivity index is 2.12. The highest BCUT2D eigenvalue weighted by Gasteiger charge is 2.16. The summed E-state index contributed by atoms with van der Waals surface area (Å²) in [5.41, 5.74) is 5.37. The summed E-state index contributed by atoms with van der Waals surface area (Å²) in [5.74, 6) is 4.92. The van der Waals surface area contributed by atoms with E-state index < -0.39 is 5.91 Å². The van der Waals surface area contributed by atoms with E-state index in [1.807, 2.05) is 30.3 Å². The molecule has 2 aromatic heterocycles. The monoisotopic (exact) mass is 318 g/mol. The van der Waals surface area contributed by atoms with Gasteiger partial charge in [-0.2, -0.15) is 0 Å². The van der Waals surface area contributed by atoms with Gasteiger partial charge in [-0.1, -0.05) is 30.3 Å². The predicted molar refractivity (Wildman–Crippen MR) is 92.4 cm³/mol. The van der Waals surface area contributed by atoms with Crippen molar-refractivity contribution >= 4 is 27.7 Å². The van der Waals surface area contributed by atoms with Crippen LogP contribution >= 0.6 is 0 Å². The molecule has 0 spiro atoms. The van der Waals surface area contributed by atoms with Crippen LogP contribution in [-0.4, -0.2) is 21.0 Å². The van der Waals surface area contributed by atoms with E-state index in [-0.39, 0.29) is 11.4 Å². The minimum Gasteiger partial charge on any atom is -0.508 e. The van der Waals surface area contributed by atoms with Gasteiger partial charge >= 0.3 is 0 Å². The number of aromatic hydroxyl groups is 1. The van der Waals surface area contributed by atoms with Crippen molar-refractivity contribution in [2.24, 2.45) is 5.84 Å². The molecule has 4 rings (SSSR count). The molecule has 2 heterocycles. The first-order valence-electron chi connectivity index (χ1n) is 7.39. The van der Waals surface area contributed by atoms with Crippen molar-refractivity contribution in [2.75, 3.05) is 0 Å². The van der Waals surface area contributed by atoms with E-state index in [2.05, 4.69) is 15.4 Å². The Kier molecular flexibility index (Phi) is 3.18. The average Bonchev–Trinajstić information content (AvgIpc) is 2.99. The number of carbonyl (C=O) groups is 1. The molecule has 6 heteroatoms. The Bertz CT molecular complexity index is 1080. The number of aromatic nitrogens is 2. The molecule has 0 saturated carbocycles. The number of rotatable bonds is 2. The molecular formula is C18H14N4O2. The topological polar surface area (TPSA) is 104 Å². The van der Waals surface area contributed by atoms with Crippen LogP contribution in [0.5, 0.6) is 5.75 Å². The quantitative estimate of drug-likeness (QED) is 0.259. The van der Waals surface area contributed by atoms with Gasteiger partial charge in [-0.25, -0.2) is 10.8 Å². The first-order valence-corrected chi connectivity index (χ1v) is 7.39. The number of para-hydroxylation sites is 1. The second-order valence-electron chi connectivity index (χ2n) is 5.47. The van der Waals surface area contributed by atoms with E-state index >= 15 is 0 Å². The Morgan fingerprint density at radius 1 is 1.08 bits per heavy atom. The number of hydrogen-bond donors (Lipinski definition) is 4. The van der Waals surface area contributed by atoms with Crippen molar-refractivity contribution in [3.63, 3.8) is 0 Å². The van der Waals surface area contributed by atoms with Gasteiger partial charge in [0, 0.05) is 21.9 Å². The lowest BCUT2D eigenvalue weighted by molar-refractivity contribution is 0.0949. The molecule has 0 bridgehead atoms. The number of H-pyrrole nitrogens is 1. The second kappa shape index (κ2) is 5.36. The predicted octanol–water partition coefficient (Wildman–Crippen LogP) is 2.69. The van der Waals surface area contributed by atoms with Crippen LogP contribution in [0.2, 0.25) is 0 Å². The fourth-order valence-corrected chi connectivity index (χ4v) is 2.90. The number of fused-ring (bicyclic) bond motifs is 3. The fourth-order valence-electron chi connectivity index (χ4n) is 2.90. The summed E-state index contributed by atoms with van der Waals surface area (Å²) in [5, 5.41) is 11.6. The minimum atomic E-state index is -0.469. The maximum absolute atomic E-state index is 12.0. The molecule has 4 aromatic rings. The van der Waals surface area contributed by atoms with Crippen LogP contribution in [0.4, 0.5) is 0 Å². The molecule has 0 aliphatic rings. The number of nitrogen functional groups attached to an aromatic ring is 1. The fraction of sp³-hybridized carbons (Fsp3) is 0. The lowest BCUT2D eigenvalue weighted by Gasteiger charge is -2.07. The van der Waals surface area contributed by atoms with E-state index in [9.17, 15) is 9.90 Å². The number of hydrogen-bond acceptors (Lipinski definition) is 4. The third kappa shape index (κ3) is 2.17. The summed E-state index contributed by atoms with van der Waals surface area (Å²) in [6.45, 7) is 0. The van der Waals surface area contributed by atoms with Gasteiger partial charge in [0.05, 0.1) is 11.2 Å². The molecule has 6 nitrogen and oxygen atoms in total. The van der Waals surface area contributed by atoms with Gasteiger partial charge in [0.15, 0.2) is 0 Å². The summed E-state index contributed by atoms with van der Waals surface area (Å²) in [6.07, 6.45) is 0. The Labute approximate surface area is 136 Å². The van der Waals surface area contributed by atoms with Crippen LogP contribution in [0.1, 0.15) is 10.5 Å². The van der Waals surface area contributed by atoms with Gasteiger partial charge < -0.3 is 10.1 Å². The number of nitrogens with zero attached hydrogens (tertiary/aromatic N) is 1. The number of phenolic OH excluding ortho intramolecular Hbond substituents is 1. The van der Waals surface area contributed by atoms with Crippen LogP contribution in [0.15, 0.2) is 54.6 Å². The van der Waals surface area contributed by atoms with Crippen molar-refractivity contribution in [2.45, 2.75) is 0 Å². The molecule has 0 atom stereocenters. The Hall–Kier alpha value is -3.38. The molecule has 24 heavy (non-hydrogen) atoms. The number of carbonyl (C=O) groups excluding carboxylic acids is 1. The van der Waals surface area contributed by atoms with Gasteiger partial charge in [0.1, 0.15) is 11.4 Å². The normalized spacial score (nSPS) is 11.0. The molecular weight excluding hydrogens is 304 g/mol. The summed E-state index contributed by atoms with van der Waals surface area (Å²) >= 11 is 0. The van der Waals surface area contributed by atoms with Crippen molar-refractivity contribution in [1.29, 1.82) is 0 Å². The van der Waals surface area contributed by atoms with E-state index in [1.54, 1.807) is 24.3 Å². The number of hydrazine groups is 1. The molecule has 0 fully saturated rings. The first kappa shape index (κ1) is 14.2. The molecule has 0 aliphatic heterocycles. The smallest absolute Gasteiger partial charge is 0.283 e. The number of nitrogens with one attached hydrogen (secondary N) is 2. The van der Waals surface area contributed by atoms with E-state index in [4.69, 9.17) is 5.84 Å². The van der Waals surface area contributed by atoms with Crippen molar-refractivity contribution in [3.8, 4) is 17.0 Å². The summed E-state index contributed by atoms with van der Waals surface area (Å²) in [6, 6.07) is 16.3. The maximum atomic E-state index is 12.0. The zero-order chi connectivity index (χ0) is 16.7. The summed E-state index contributed by atoms with van der Waals surface area (Å²) in [4.78, 5) is 19.8. The van der Waals surface area contributed by atoms with E-state index in [1.165, 1.54) is 0 Å². The highest BCUT2D eigenvalue weighted by atomic mass is 16.3. The third-order valence-electron chi connectivity index (χ3n) is 3.98. The number of pyridine rings is 1. The number of nitrogens with two attached hydrogens (primary N) is 1. The largest absolute Gasteiger partial charge is 0.508 e. The van der Waals surface area contributed by atoms with Crippen LogP contribution < -0.4 is 11.3 Å². The van der Waals surface area contributed by atoms with Gasteiger partial charge in [0.2, 0.25) is 0 Å². The molecule has 2 aromatic carbocycles. The lowest BCUT2D eigenvalue weighted by atomic mass is 10.1. The van der Waals surface area contributed by atoms with Crippen molar-refractivity contribution in [1.82, 2.24) is 15.4 Å². The standard InChI is InChI=1S/C18H14N4O2/c19-22-18(24)15-9-13-12-6-1-2-7-14(12)20-17(13)16(21-15)10-4-3-5-11(23)8-10/h1-9,20,23H,19H2,(H,22,24). The molecule has 0 unspecified atom stereocenters. The van der Waals surface area contributed by atoms with Crippen molar-refractivity contribution in [3.05, 3.63) is 60.3 Å². The highest BCUT2D eigenvalue weighted by molar-refractivity contribution is 6.13. The second-order valence-corrected chi connectivity index (χ2v) is 5.47. The van der Waals surface area contributed by atoms with Gasteiger partial charge in [0.25, 0.3) is 5.91 Å². The third-order valence-corrected chi connectivity index (χ3v) is 3.98. The Morgan fingerprint density at radius 3 is 2.71 bits per heavy atom. The number of phenols is 1. The molecule has 1 amide bonds. The molecule has 0 aliphatic carbocycles. The number of amides is 1. The summed E-state index contributed by atoms with van der Waals surface area (Å²) < 4.78 is 0. The van der Waals surface area contributed by atoms with Crippen LogP contribution in [0, 0.1) is 0 Å². The number of benzene rings is 2. The molecule has 0 radical (unpaired) electrons. The molecule has 0 saturated heterocycles. The van der Waals surface area contributed by atoms with Gasteiger partial charge in [-0.15, -0.1) is 0 Å². The molecule has 5 N–H and O–H groups in total. The van der Waals surface area contributed by atoms with E-state index in [0.29, 0.717) is 11.3 Å². The zero-order valence-corrected chi connectivity index (χ0v) is 12.6. The van der Waals surface area contributed by atoms with Gasteiger partial charge in [-0.3, -0.25) is 10.2 Å². The number of aromatic amines is 1. The summed E-state index contributed by atoms with van der Waals surface area (Å²) in [7, 11) is 0. The van der Waals surface area contributed by atoms with E-state index in [0.717, 1.165) is 21.8 Å².